The molecule has 1 nitrogen and oxygen atoms in total. The van der Waals surface area contributed by atoms with Crippen molar-refractivity contribution in [2.45, 2.75) is 52.0 Å². The van der Waals surface area contributed by atoms with Crippen molar-refractivity contribution in [3.63, 3.8) is 0 Å². The molecule has 1 heterocycles. The van der Waals surface area contributed by atoms with Gasteiger partial charge in [-0.15, -0.1) is 11.3 Å². The molecule has 3 rings (SSSR count). The maximum absolute atomic E-state index is 3.69. The van der Waals surface area contributed by atoms with E-state index in [9.17, 15) is 0 Å². The zero-order valence-electron chi connectivity index (χ0n) is 13.1. The lowest BCUT2D eigenvalue weighted by molar-refractivity contribution is 0.630. The van der Waals surface area contributed by atoms with Gasteiger partial charge < -0.3 is 5.32 Å². The van der Waals surface area contributed by atoms with E-state index in [1.165, 1.54) is 41.7 Å². The van der Waals surface area contributed by atoms with Gasteiger partial charge in [0.25, 0.3) is 0 Å². The molecule has 2 aromatic rings. The molecule has 1 atom stereocenters. The second-order valence-electron chi connectivity index (χ2n) is 5.89. The van der Waals surface area contributed by atoms with Crippen LogP contribution in [0.4, 0.5) is 0 Å². The summed E-state index contributed by atoms with van der Waals surface area (Å²) in [5.74, 6) is 0. The van der Waals surface area contributed by atoms with Crippen LogP contribution >= 0.6 is 11.3 Å². The molecule has 0 fully saturated rings. The van der Waals surface area contributed by atoms with Crippen molar-refractivity contribution >= 4 is 11.3 Å². The van der Waals surface area contributed by atoms with E-state index in [4.69, 9.17) is 0 Å². The van der Waals surface area contributed by atoms with Crippen molar-refractivity contribution in [1.29, 1.82) is 0 Å². The zero-order valence-corrected chi connectivity index (χ0v) is 13.9. The smallest absolute Gasteiger partial charge is 0.0673 e. The maximum Gasteiger partial charge on any atom is 0.0673 e. The monoisotopic (exact) mass is 299 g/mol. The van der Waals surface area contributed by atoms with Gasteiger partial charge in [-0.2, -0.15) is 0 Å². The molecule has 1 N–H and O–H groups in total. The van der Waals surface area contributed by atoms with Crippen LogP contribution in [-0.4, -0.2) is 6.54 Å². The molecule has 1 aromatic carbocycles. The van der Waals surface area contributed by atoms with Gasteiger partial charge in [0, 0.05) is 4.88 Å². The predicted molar refractivity (Wildman–Crippen MR) is 92.3 cm³/mol. The van der Waals surface area contributed by atoms with Crippen molar-refractivity contribution in [2.24, 2.45) is 0 Å². The van der Waals surface area contributed by atoms with Crippen LogP contribution in [0.5, 0.6) is 0 Å². The molecule has 0 spiro atoms. The standard InChI is InChI=1S/C19H25NS/c1-3-14-11-12-21-19(14)18(20-4-2)17-10-9-15-7-5-6-8-16(15)13-17/h9-13,18,20H,3-8H2,1-2H3. The molecule has 0 saturated heterocycles. The molecule has 0 bridgehead atoms. The number of fused-ring (bicyclic) bond motifs is 1. The van der Waals surface area contributed by atoms with Crippen molar-refractivity contribution in [3.05, 3.63) is 56.8 Å². The van der Waals surface area contributed by atoms with Gasteiger partial charge in [-0.05, 0) is 72.3 Å². The number of nitrogens with one attached hydrogen (secondary N) is 1. The topological polar surface area (TPSA) is 12.0 Å². The first-order chi connectivity index (χ1) is 10.3. The summed E-state index contributed by atoms with van der Waals surface area (Å²) >= 11 is 1.89. The Bertz CT molecular complexity index is 599. The average Bonchev–Trinajstić information content (AvgIpc) is 3.00. The third kappa shape index (κ3) is 3.07. The van der Waals surface area contributed by atoms with Crippen LogP contribution < -0.4 is 5.32 Å². The van der Waals surface area contributed by atoms with E-state index < -0.39 is 0 Å². The zero-order chi connectivity index (χ0) is 14.7. The Labute approximate surface area is 132 Å². The summed E-state index contributed by atoms with van der Waals surface area (Å²) in [6, 6.07) is 9.81. The van der Waals surface area contributed by atoms with Crippen molar-refractivity contribution in [3.8, 4) is 0 Å². The molecule has 1 aromatic heterocycles. The number of benzene rings is 1. The van der Waals surface area contributed by atoms with E-state index in [-0.39, 0.29) is 0 Å². The fourth-order valence-corrected chi connectivity index (χ4v) is 4.49. The molecule has 0 saturated carbocycles. The Hall–Kier alpha value is -1.12. The van der Waals surface area contributed by atoms with Gasteiger partial charge >= 0.3 is 0 Å². The van der Waals surface area contributed by atoms with Gasteiger partial charge in [0.1, 0.15) is 0 Å². The quantitative estimate of drug-likeness (QED) is 0.829. The van der Waals surface area contributed by atoms with E-state index >= 15 is 0 Å². The number of rotatable bonds is 5. The van der Waals surface area contributed by atoms with Gasteiger partial charge in [0.15, 0.2) is 0 Å². The Balaban J connectivity index is 1.97. The summed E-state index contributed by atoms with van der Waals surface area (Å²) in [6.07, 6.45) is 6.34. The largest absolute Gasteiger partial charge is 0.306 e. The van der Waals surface area contributed by atoms with Crippen molar-refractivity contribution in [1.82, 2.24) is 5.32 Å². The van der Waals surface area contributed by atoms with Crippen LogP contribution in [0.1, 0.15) is 59.9 Å². The molecular formula is C19H25NS. The summed E-state index contributed by atoms with van der Waals surface area (Å²) in [5, 5.41) is 5.93. The minimum Gasteiger partial charge on any atom is -0.306 e. The first kappa shape index (κ1) is 14.8. The van der Waals surface area contributed by atoms with Crippen LogP contribution in [0.15, 0.2) is 29.6 Å². The highest BCUT2D eigenvalue weighted by molar-refractivity contribution is 7.10. The molecular weight excluding hydrogens is 274 g/mol. The first-order valence-electron chi connectivity index (χ1n) is 8.24. The number of hydrogen-bond acceptors (Lipinski definition) is 2. The lowest BCUT2D eigenvalue weighted by Gasteiger charge is -2.22. The van der Waals surface area contributed by atoms with Crippen LogP contribution in [0.2, 0.25) is 0 Å². The second-order valence-corrected chi connectivity index (χ2v) is 6.84. The number of aryl methyl sites for hydroxylation is 3. The van der Waals surface area contributed by atoms with Crippen LogP contribution in [0.3, 0.4) is 0 Å². The van der Waals surface area contributed by atoms with Gasteiger partial charge in [0.05, 0.1) is 6.04 Å². The van der Waals surface area contributed by atoms with Gasteiger partial charge in [-0.1, -0.05) is 32.0 Å². The minimum absolute atomic E-state index is 0.358. The fraction of sp³-hybridized carbons (Fsp3) is 0.474. The van der Waals surface area contributed by atoms with Crippen molar-refractivity contribution < 1.29 is 0 Å². The Morgan fingerprint density at radius 2 is 1.90 bits per heavy atom. The maximum atomic E-state index is 3.69. The highest BCUT2D eigenvalue weighted by Gasteiger charge is 2.19. The van der Waals surface area contributed by atoms with Crippen LogP contribution in [-0.2, 0) is 19.3 Å². The fourth-order valence-electron chi connectivity index (χ4n) is 3.39. The van der Waals surface area contributed by atoms with E-state index in [2.05, 4.69) is 48.8 Å². The summed E-state index contributed by atoms with van der Waals surface area (Å²) in [6.45, 7) is 5.45. The SMILES string of the molecule is CCNC(c1ccc2c(c1)CCCC2)c1sccc1CC. The number of hydrogen-bond donors (Lipinski definition) is 1. The normalized spacial score (nSPS) is 15.7. The van der Waals surface area contributed by atoms with Gasteiger partial charge in [-0.3, -0.25) is 0 Å². The molecule has 2 heteroatoms. The Morgan fingerprint density at radius 3 is 2.67 bits per heavy atom. The van der Waals surface area contributed by atoms with Crippen LogP contribution in [0.25, 0.3) is 0 Å². The van der Waals surface area contributed by atoms with Crippen molar-refractivity contribution in [2.75, 3.05) is 6.54 Å². The third-order valence-electron chi connectivity index (χ3n) is 4.54. The predicted octanol–water partition coefficient (Wildman–Crippen LogP) is 4.89. The highest BCUT2D eigenvalue weighted by Crippen LogP contribution is 2.32. The van der Waals surface area contributed by atoms with Gasteiger partial charge in [0.2, 0.25) is 0 Å². The summed E-state index contributed by atoms with van der Waals surface area (Å²) in [4.78, 5) is 1.50. The van der Waals surface area contributed by atoms with E-state index in [1.807, 2.05) is 11.3 Å². The van der Waals surface area contributed by atoms with E-state index in [0.717, 1.165) is 13.0 Å². The molecule has 0 radical (unpaired) electrons. The summed E-state index contributed by atoms with van der Waals surface area (Å²) < 4.78 is 0. The minimum atomic E-state index is 0.358. The average molecular weight is 299 g/mol. The molecule has 0 aliphatic heterocycles. The Morgan fingerprint density at radius 1 is 1.10 bits per heavy atom. The highest BCUT2D eigenvalue weighted by atomic mass is 32.1. The molecule has 21 heavy (non-hydrogen) atoms. The second kappa shape index (κ2) is 6.76. The van der Waals surface area contributed by atoms with E-state index in [0.29, 0.717) is 6.04 Å². The van der Waals surface area contributed by atoms with Gasteiger partial charge in [-0.25, -0.2) is 0 Å². The summed E-state index contributed by atoms with van der Waals surface area (Å²) in [5.41, 5.74) is 6.08. The molecule has 1 unspecified atom stereocenters. The molecule has 112 valence electrons. The first-order valence-corrected chi connectivity index (χ1v) is 9.12. The lowest BCUT2D eigenvalue weighted by Crippen LogP contribution is -2.22. The Kier molecular flexibility index (Phi) is 4.77. The van der Waals surface area contributed by atoms with Crippen LogP contribution in [0, 0.1) is 0 Å². The molecule has 0 amide bonds. The summed E-state index contributed by atoms with van der Waals surface area (Å²) in [7, 11) is 0. The molecule has 1 aliphatic rings. The third-order valence-corrected chi connectivity index (χ3v) is 5.56. The molecule has 1 aliphatic carbocycles. The lowest BCUT2D eigenvalue weighted by atomic mass is 9.88. The van der Waals surface area contributed by atoms with E-state index in [1.54, 1.807) is 11.1 Å². The number of thiophene rings is 1.